The molecule has 0 amide bonds. The molecule has 4 nitrogen and oxygen atoms in total. The molecule has 0 aromatic heterocycles. The monoisotopic (exact) mass is 263 g/mol. The maximum atomic E-state index is 11.4. The standard InChI is InChI=1S/C12H25NO3S/c1-12(2,3)7-5-6-11-10-13(8-9-16-11)17(4,14)15/h11H,5-10H2,1-4H3/t11-/m1/s1. The Hall–Kier alpha value is -0.130. The summed E-state index contributed by atoms with van der Waals surface area (Å²) in [5, 5.41) is 0. The normalized spacial score (nSPS) is 23.9. The van der Waals surface area contributed by atoms with Crippen LogP contribution in [-0.4, -0.2) is 44.8 Å². The molecule has 1 aliphatic heterocycles. The number of sulfonamides is 1. The topological polar surface area (TPSA) is 46.6 Å². The van der Waals surface area contributed by atoms with Crippen LogP contribution < -0.4 is 0 Å². The van der Waals surface area contributed by atoms with Crippen molar-refractivity contribution in [3.05, 3.63) is 0 Å². The van der Waals surface area contributed by atoms with Gasteiger partial charge in [0.15, 0.2) is 0 Å². The Bertz CT molecular complexity index is 332. The van der Waals surface area contributed by atoms with Gasteiger partial charge in [0.25, 0.3) is 0 Å². The second kappa shape index (κ2) is 5.67. The van der Waals surface area contributed by atoms with Crippen LogP contribution in [0.4, 0.5) is 0 Å². The summed E-state index contributed by atoms with van der Waals surface area (Å²) in [4.78, 5) is 0. The molecule has 0 N–H and O–H groups in total. The van der Waals surface area contributed by atoms with Gasteiger partial charge in [-0.1, -0.05) is 27.2 Å². The lowest BCUT2D eigenvalue weighted by molar-refractivity contribution is -0.00754. The third-order valence-electron chi connectivity index (χ3n) is 3.02. The van der Waals surface area contributed by atoms with E-state index in [1.165, 1.54) is 10.6 Å². The van der Waals surface area contributed by atoms with E-state index in [1.54, 1.807) is 0 Å². The summed E-state index contributed by atoms with van der Waals surface area (Å²) in [7, 11) is -3.06. The van der Waals surface area contributed by atoms with Crippen LogP contribution in [0.1, 0.15) is 40.0 Å². The molecule has 0 radical (unpaired) electrons. The summed E-state index contributed by atoms with van der Waals surface area (Å²) in [6.45, 7) is 8.19. The van der Waals surface area contributed by atoms with Gasteiger partial charge in [0.2, 0.25) is 10.0 Å². The zero-order chi connectivity index (χ0) is 13.1. The molecule has 0 saturated carbocycles. The van der Waals surface area contributed by atoms with Crippen molar-refractivity contribution < 1.29 is 13.2 Å². The number of nitrogens with zero attached hydrogens (tertiary/aromatic N) is 1. The maximum Gasteiger partial charge on any atom is 0.211 e. The van der Waals surface area contributed by atoms with Gasteiger partial charge in [0.1, 0.15) is 0 Å². The molecule has 1 atom stereocenters. The van der Waals surface area contributed by atoms with E-state index in [2.05, 4.69) is 20.8 Å². The van der Waals surface area contributed by atoms with Crippen LogP contribution in [0.25, 0.3) is 0 Å². The van der Waals surface area contributed by atoms with E-state index in [4.69, 9.17) is 4.74 Å². The zero-order valence-corrected chi connectivity index (χ0v) is 12.2. The minimum absolute atomic E-state index is 0.0702. The molecule has 1 rings (SSSR count). The predicted molar refractivity (Wildman–Crippen MR) is 69.5 cm³/mol. The molecule has 0 unspecified atom stereocenters. The Labute approximate surface area is 105 Å². The van der Waals surface area contributed by atoms with Crippen molar-refractivity contribution in [1.82, 2.24) is 4.31 Å². The van der Waals surface area contributed by atoms with Gasteiger partial charge in [-0.25, -0.2) is 8.42 Å². The zero-order valence-electron chi connectivity index (χ0n) is 11.4. The summed E-state index contributed by atoms with van der Waals surface area (Å²) in [5.74, 6) is 0. The first-order chi connectivity index (χ1) is 7.68. The number of hydrogen-bond donors (Lipinski definition) is 0. The molecule has 0 bridgehead atoms. The van der Waals surface area contributed by atoms with Crippen LogP contribution in [0.2, 0.25) is 0 Å². The van der Waals surface area contributed by atoms with Gasteiger partial charge in [0.05, 0.1) is 19.0 Å². The molecular weight excluding hydrogens is 238 g/mol. The quantitative estimate of drug-likeness (QED) is 0.778. The molecule has 1 saturated heterocycles. The van der Waals surface area contributed by atoms with Crippen molar-refractivity contribution >= 4 is 10.0 Å². The Kier molecular flexibility index (Phi) is 4.98. The van der Waals surface area contributed by atoms with Gasteiger partial charge >= 0.3 is 0 Å². The predicted octanol–water partition coefficient (Wildman–Crippen LogP) is 1.86. The van der Waals surface area contributed by atoms with Crippen molar-refractivity contribution in [2.24, 2.45) is 5.41 Å². The van der Waals surface area contributed by atoms with Crippen LogP contribution in [0.5, 0.6) is 0 Å². The third-order valence-corrected chi connectivity index (χ3v) is 4.29. The van der Waals surface area contributed by atoms with Gasteiger partial charge in [0, 0.05) is 13.1 Å². The largest absolute Gasteiger partial charge is 0.375 e. The first-order valence-electron chi connectivity index (χ1n) is 6.25. The summed E-state index contributed by atoms with van der Waals surface area (Å²) < 4.78 is 30.0. The summed E-state index contributed by atoms with van der Waals surface area (Å²) in [5.41, 5.74) is 0.338. The lowest BCUT2D eigenvalue weighted by Crippen LogP contribution is -2.45. The number of ether oxygens (including phenoxy) is 1. The van der Waals surface area contributed by atoms with Crippen molar-refractivity contribution in [3.8, 4) is 0 Å². The number of morpholine rings is 1. The van der Waals surface area contributed by atoms with Crippen molar-refractivity contribution in [3.63, 3.8) is 0 Å². The van der Waals surface area contributed by atoms with Crippen LogP contribution in [0.3, 0.4) is 0 Å². The Morgan fingerprint density at radius 3 is 2.53 bits per heavy atom. The van der Waals surface area contributed by atoms with E-state index in [9.17, 15) is 8.42 Å². The lowest BCUT2D eigenvalue weighted by Gasteiger charge is -2.31. The van der Waals surface area contributed by atoms with E-state index in [-0.39, 0.29) is 6.10 Å². The Balaban J connectivity index is 2.36. The van der Waals surface area contributed by atoms with E-state index < -0.39 is 10.0 Å². The smallest absolute Gasteiger partial charge is 0.211 e. The summed E-state index contributed by atoms with van der Waals surface area (Å²) in [6.07, 6.45) is 4.52. The van der Waals surface area contributed by atoms with Crippen molar-refractivity contribution in [2.45, 2.75) is 46.1 Å². The first-order valence-corrected chi connectivity index (χ1v) is 8.10. The highest BCUT2D eigenvalue weighted by Crippen LogP contribution is 2.23. The van der Waals surface area contributed by atoms with Gasteiger partial charge in [-0.05, 0) is 18.3 Å². The van der Waals surface area contributed by atoms with Crippen LogP contribution in [-0.2, 0) is 14.8 Å². The summed E-state index contributed by atoms with van der Waals surface area (Å²) in [6, 6.07) is 0. The minimum atomic E-state index is -3.06. The van der Waals surface area contributed by atoms with Gasteiger partial charge in [-0.15, -0.1) is 0 Å². The highest BCUT2D eigenvalue weighted by molar-refractivity contribution is 7.88. The SMILES string of the molecule is CC(C)(C)CCC[C@@H]1CN(S(C)(=O)=O)CCO1. The van der Waals surface area contributed by atoms with Gasteiger partial charge in [-0.2, -0.15) is 4.31 Å². The van der Waals surface area contributed by atoms with E-state index in [0.29, 0.717) is 25.1 Å². The minimum Gasteiger partial charge on any atom is -0.375 e. The number of hydrogen-bond acceptors (Lipinski definition) is 3. The van der Waals surface area contributed by atoms with E-state index in [0.717, 1.165) is 19.3 Å². The fourth-order valence-corrected chi connectivity index (χ4v) is 2.87. The van der Waals surface area contributed by atoms with E-state index >= 15 is 0 Å². The van der Waals surface area contributed by atoms with Gasteiger partial charge < -0.3 is 4.74 Å². The third kappa shape index (κ3) is 5.84. The van der Waals surface area contributed by atoms with Crippen LogP contribution in [0, 0.1) is 5.41 Å². The summed E-state index contributed by atoms with van der Waals surface area (Å²) >= 11 is 0. The van der Waals surface area contributed by atoms with Crippen LogP contribution in [0.15, 0.2) is 0 Å². The molecule has 0 spiro atoms. The average Bonchev–Trinajstić information content (AvgIpc) is 2.15. The van der Waals surface area contributed by atoms with Crippen molar-refractivity contribution in [2.75, 3.05) is 26.0 Å². The molecule has 1 fully saturated rings. The fraction of sp³-hybridized carbons (Fsp3) is 1.00. The molecule has 0 aliphatic carbocycles. The second-order valence-corrected chi connectivity index (χ2v) is 8.05. The molecule has 5 heteroatoms. The Morgan fingerprint density at radius 2 is 2.00 bits per heavy atom. The fourth-order valence-electron chi connectivity index (χ4n) is 2.03. The van der Waals surface area contributed by atoms with Crippen molar-refractivity contribution in [1.29, 1.82) is 0 Å². The number of rotatable bonds is 4. The highest BCUT2D eigenvalue weighted by atomic mass is 32.2. The molecule has 1 heterocycles. The van der Waals surface area contributed by atoms with Crippen LogP contribution >= 0.6 is 0 Å². The highest BCUT2D eigenvalue weighted by Gasteiger charge is 2.26. The molecule has 17 heavy (non-hydrogen) atoms. The molecule has 1 aliphatic rings. The average molecular weight is 263 g/mol. The first kappa shape index (κ1) is 14.9. The Morgan fingerprint density at radius 1 is 1.35 bits per heavy atom. The molecular formula is C12H25NO3S. The van der Waals surface area contributed by atoms with Gasteiger partial charge in [-0.3, -0.25) is 0 Å². The van der Waals surface area contributed by atoms with E-state index in [1.807, 2.05) is 0 Å². The maximum absolute atomic E-state index is 11.4. The molecule has 0 aromatic carbocycles. The lowest BCUT2D eigenvalue weighted by atomic mass is 9.89. The molecule has 102 valence electrons. The second-order valence-electron chi connectivity index (χ2n) is 6.07. The molecule has 0 aromatic rings.